The maximum absolute atomic E-state index is 5.57. The molecule has 3 aromatic rings. The second kappa shape index (κ2) is 11.6. The summed E-state index contributed by atoms with van der Waals surface area (Å²) in [7, 11) is 1.69. The van der Waals surface area contributed by atoms with Gasteiger partial charge >= 0.3 is 0 Å². The lowest BCUT2D eigenvalue weighted by Gasteiger charge is -2.08. The Hall–Kier alpha value is -2.47. The van der Waals surface area contributed by atoms with Crippen molar-refractivity contribution in [3.05, 3.63) is 53.5 Å². The third kappa shape index (κ3) is 6.52. The van der Waals surface area contributed by atoms with E-state index >= 15 is 0 Å². The summed E-state index contributed by atoms with van der Waals surface area (Å²) in [5.74, 6) is 2.16. The number of oxazole rings is 1. The molecule has 0 amide bonds. The van der Waals surface area contributed by atoms with Crippen LogP contribution < -0.4 is 10.6 Å². The van der Waals surface area contributed by atoms with E-state index in [1.165, 1.54) is 5.56 Å². The molecule has 0 aliphatic rings. The molecular weight excluding hydrogens is 499 g/mol. The van der Waals surface area contributed by atoms with Crippen LogP contribution in [0.5, 0.6) is 0 Å². The van der Waals surface area contributed by atoms with E-state index in [1.807, 2.05) is 45.0 Å². The van der Waals surface area contributed by atoms with Crippen LogP contribution in [0, 0.1) is 6.92 Å². The lowest BCUT2D eigenvalue weighted by atomic mass is 10.1. The van der Waals surface area contributed by atoms with E-state index in [0.29, 0.717) is 43.3 Å². The molecule has 162 valence electrons. The molecular formula is C20H27IN6O3. The fourth-order valence-electron chi connectivity index (χ4n) is 2.60. The van der Waals surface area contributed by atoms with Gasteiger partial charge < -0.3 is 24.3 Å². The highest BCUT2D eigenvalue weighted by Crippen LogP contribution is 2.19. The minimum atomic E-state index is -0.204. The molecule has 10 heteroatoms. The Morgan fingerprint density at radius 1 is 1.17 bits per heavy atom. The van der Waals surface area contributed by atoms with Crippen LogP contribution in [-0.2, 0) is 17.8 Å². The minimum Gasteiger partial charge on any atom is -0.444 e. The van der Waals surface area contributed by atoms with Gasteiger partial charge in [0.1, 0.15) is 12.4 Å². The van der Waals surface area contributed by atoms with Gasteiger partial charge in [0.15, 0.2) is 11.8 Å². The van der Waals surface area contributed by atoms with E-state index in [2.05, 4.69) is 30.8 Å². The Kier molecular flexibility index (Phi) is 9.24. The van der Waals surface area contributed by atoms with Gasteiger partial charge in [0.25, 0.3) is 0 Å². The normalized spacial score (nSPS) is 12.3. The average Bonchev–Trinajstić information content (AvgIpc) is 3.39. The molecule has 9 nitrogen and oxygen atoms in total. The van der Waals surface area contributed by atoms with Crippen LogP contribution in [0.4, 0.5) is 0 Å². The van der Waals surface area contributed by atoms with Crippen LogP contribution >= 0.6 is 24.0 Å². The first-order valence-electron chi connectivity index (χ1n) is 9.49. The molecule has 2 aromatic heterocycles. The predicted molar refractivity (Wildman–Crippen MR) is 123 cm³/mol. The van der Waals surface area contributed by atoms with Crippen LogP contribution in [0.3, 0.4) is 0 Å². The molecule has 0 saturated carbocycles. The zero-order valence-corrected chi connectivity index (χ0v) is 19.8. The number of aliphatic imine (C=N–C) groups is 1. The van der Waals surface area contributed by atoms with Crippen LogP contribution in [-0.4, -0.2) is 34.7 Å². The number of benzene rings is 1. The van der Waals surface area contributed by atoms with Crippen LogP contribution in [0.1, 0.15) is 42.9 Å². The second-order valence-corrected chi connectivity index (χ2v) is 6.43. The molecule has 3 rings (SSSR count). The molecule has 2 heterocycles. The number of rotatable bonds is 8. The molecule has 0 saturated heterocycles. The highest BCUT2D eigenvalue weighted by molar-refractivity contribution is 14.0. The number of ether oxygens (including phenoxy) is 1. The van der Waals surface area contributed by atoms with E-state index in [-0.39, 0.29) is 30.1 Å². The quantitative estimate of drug-likeness (QED) is 0.260. The first-order chi connectivity index (χ1) is 14.1. The van der Waals surface area contributed by atoms with Crippen molar-refractivity contribution in [3.8, 4) is 11.5 Å². The van der Waals surface area contributed by atoms with Crippen molar-refractivity contribution in [2.24, 2.45) is 4.99 Å². The van der Waals surface area contributed by atoms with Gasteiger partial charge in [0.2, 0.25) is 11.8 Å². The van der Waals surface area contributed by atoms with Crippen molar-refractivity contribution < 1.29 is 13.7 Å². The molecule has 1 aromatic carbocycles. The standard InChI is InChI=1S/C20H26N6O3.HI/c1-5-27-14(3)18-25-17(29-26-18)11-23-20(21-4)22-10-16-12-28-19(24-16)15-8-6-13(2)7-9-15;/h6-9,12,14H,5,10-11H2,1-4H3,(H2,21,22,23);1H. The predicted octanol–water partition coefficient (Wildman–Crippen LogP) is 3.61. The fraction of sp³-hybridized carbons (Fsp3) is 0.400. The zero-order valence-electron chi connectivity index (χ0n) is 17.5. The third-order valence-electron chi connectivity index (χ3n) is 4.18. The topological polar surface area (TPSA) is 111 Å². The molecule has 0 bridgehead atoms. The summed E-state index contributed by atoms with van der Waals surface area (Å²) in [6.07, 6.45) is 1.43. The number of aromatic nitrogens is 3. The average molecular weight is 526 g/mol. The molecule has 30 heavy (non-hydrogen) atoms. The summed E-state index contributed by atoms with van der Waals surface area (Å²) in [4.78, 5) is 13.0. The number of halogens is 1. The summed E-state index contributed by atoms with van der Waals surface area (Å²) in [5, 5.41) is 10.2. The summed E-state index contributed by atoms with van der Waals surface area (Å²) >= 11 is 0. The largest absolute Gasteiger partial charge is 0.444 e. The smallest absolute Gasteiger partial charge is 0.246 e. The molecule has 2 N–H and O–H groups in total. The lowest BCUT2D eigenvalue weighted by Crippen LogP contribution is -2.36. The van der Waals surface area contributed by atoms with E-state index in [1.54, 1.807) is 13.3 Å². The summed E-state index contributed by atoms with van der Waals surface area (Å²) < 4.78 is 16.3. The number of hydrogen-bond donors (Lipinski definition) is 2. The number of nitrogens with one attached hydrogen (secondary N) is 2. The van der Waals surface area contributed by atoms with Crippen molar-refractivity contribution >= 4 is 29.9 Å². The van der Waals surface area contributed by atoms with Gasteiger partial charge in [-0.05, 0) is 32.9 Å². The van der Waals surface area contributed by atoms with Gasteiger partial charge in [-0.2, -0.15) is 4.98 Å². The van der Waals surface area contributed by atoms with Crippen LogP contribution in [0.2, 0.25) is 0 Å². The van der Waals surface area contributed by atoms with Crippen molar-refractivity contribution in [1.82, 2.24) is 25.8 Å². The fourth-order valence-corrected chi connectivity index (χ4v) is 2.60. The monoisotopic (exact) mass is 526 g/mol. The van der Waals surface area contributed by atoms with Gasteiger partial charge in [0, 0.05) is 19.2 Å². The van der Waals surface area contributed by atoms with Crippen molar-refractivity contribution in [1.29, 1.82) is 0 Å². The third-order valence-corrected chi connectivity index (χ3v) is 4.18. The van der Waals surface area contributed by atoms with E-state index in [9.17, 15) is 0 Å². The molecule has 1 unspecified atom stereocenters. The van der Waals surface area contributed by atoms with E-state index in [0.717, 1.165) is 11.3 Å². The molecule has 1 atom stereocenters. The molecule has 0 aliphatic heterocycles. The van der Waals surface area contributed by atoms with Crippen molar-refractivity contribution in [2.45, 2.75) is 40.0 Å². The highest BCUT2D eigenvalue weighted by Gasteiger charge is 2.14. The lowest BCUT2D eigenvalue weighted by molar-refractivity contribution is 0.0683. The number of hydrogen-bond acceptors (Lipinski definition) is 7. The second-order valence-electron chi connectivity index (χ2n) is 6.43. The number of aryl methyl sites for hydroxylation is 1. The molecule has 0 radical (unpaired) electrons. The Balaban J connectivity index is 0.00000320. The number of guanidine groups is 1. The molecule has 0 spiro atoms. The van der Waals surface area contributed by atoms with Crippen LogP contribution in [0.15, 0.2) is 44.5 Å². The van der Waals surface area contributed by atoms with Crippen molar-refractivity contribution in [3.63, 3.8) is 0 Å². The van der Waals surface area contributed by atoms with E-state index < -0.39 is 0 Å². The maximum atomic E-state index is 5.57. The minimum absolute atomic E-state index is 0. The molecule has 0 aliphatic carbocycles. The van der Waals surface area contributed by atoms with Gasteiger partial charge in [-0.15, -0.1) is 24.0 Å². The highest BCUT2D eigenvalue weighted by atomic mass is 127. The van der Waals surface area contributed by atoms with Gasteiger partial charge in [-0.1, -0.05) is 22.9 Å². The summed E-state index contributed by atoms with van der Waals surface area (Å²) in [6, 6.07) is 8.04. The SMILES string of the molecule is CCOC(C)c1noc(CNC(=NC)NCc2coc(-c3ccc(C)cc3)n2)n1.I. The maximum Gasteiger partial charge on any atom is 0.246 e. The van der Waals surface area contributed by atoms with Gasteiger partial charge in [-0.3, -0.25) is 4.99 Å². The first kappa shape index (κ1) is 23.8. The zero-order chi connectivity index (χ0) is 20.6. The van der Waals surface area contributed by atoms with Crippen LogP contribution in [0.25, 0.3) is 11.5 Å². The Labute approximate surface area is 192 Å². The first-order valence-corrected chi connectivity index (χ1v) is 9.49. The molecule has 0 fully saturated rings. The Morgan fingerprint density at radius 3 is 2.60 bits per heavy atom. The van der Waals surface area contributed by atoms with E-state index in [4.69, 9.17) is 13.7 Å². The summed E-state index contributed by atoms with van der Waals surface area (Å²) in [5.41, 5.74) is 2.91. The Bertz CT molecular complexity index is 938. The number of nitrogens with zero attached hydrogens (tertiary/aromatic N) is 4. The van der Waals surface area contributed by atoms with Gasteiger partial charge in [-0.25, -0.2) is 4.98 Å². The van der Waals surface area contributed by atoms with Gasteiger partial charge in [0.05, 0.1) is 18.8 Å². The Morgan fingerprint density at radius 2 is 1.90 bits per heavy atom. The van der Waals surface area contributed by atoms with Crippen molar-refractivity contribution in [2.75, 3.05) is 13.7 Å². The summed E-state index contributed by atoms with van der Waals surface area (Å²) in [6.45, 7) is 7.25.